The molecule has 0 amide bonds. The van der Waals surface area contributed by atoms with Crippen molar-refractivity contribution in [2.45, 2.75) is 12.1 Å². The first-order valence-corrected chi connectivity index (χ1v) is 11.1. The number of carbonyl (C=O) groups is 1. The van der Waals surface area contributed by atoms with Crippen molar-refractivity contribution in [1.82, 2.24) is 14.8 Å². The first-order valence-electron chi connectivity index (χ1n) is 9.32. The molecule has 0 saturated heterocycles. The van der Waals surface area contributed by atoms with Crippen LogP contribution in [-0.2, 0) is 9.53 Å². The molecule has 0 fully saturated rings. The average Bonchev–Trinajstić information content (AvgIpc) is 3.21. The minimum atomic E-state index is -0.313. The smallest absolute Gasteiger partial charge is 0.316 e. The monoisotopic (exact) mass is 507 g/mol. The van der Waals surface area contributed by atoms with Crippen LogP contribution in [-0.4, -0.2) is 54.4 Å². The SMILES string of the molecule is CCOC(=O)CSc1nnc(-c2cc(OC)c(OC)c(OC)c2)n1-c1ccc(Br)cc1. The number of hydrogen-bond acceptors (Lipinski definition) is 8. The molecule has 0 aliphatic rings. The molecule has 31 heavy (non-hydrogen) atoms. The van der Waals surface area contributed by atoms with Gasteiger partial charge in [-0.2, -0.15) is 0 Å². The molecule has 0 saturated carbocycles. The molecule has 0 bridgehead atoms. The molecular formula is C21H22BrN3O5S. The molecule has 0 spiro atoms. The number of hydrogen-bond donors (Lipinski definition) is 0. The molecule has 1 heterocycles. The Morgan fingerprint density at radius 3 is 2.23 bits per heavy atom. The Hall–Kier alpha value is -2.72. The highest BCUT2D eigenvalue weighted by molar-refractivity contribution is 9.10. The van der Waals surface area contributed by atoms with Crippen LogP contribution in [0.15, 0.2) is 46.0 Å². The van der Waals surface area contributed by atoms with Crippen LogP contribution in [0.3, 0.4) is 0 Å². The number of halogens is 1. The maximum atomic E-state index is 11.9. The van der Waals surface area contributed by atoms with Crippen LogP contribution in [0.2, 0.25) is 0 Å². The normalized spacial score (nSPS) is 10.6. The third-order valence-corrected chi connectivity index (χ3v) is 5.70. The van der Waals surface area contributed by atoms with E-state index in [-0.39, 0.29) is 11.7 Å². The number of carbonyl (C=O) groups excluding carboxylic acids is 1. The van der Waals surface area contributed by atoms with Crippen LogP contribution < -0.4 is 14.2 Å². The summed E-state index contributed by atoms with van der Waals surface area (Å²) in [5, 5.41) is 9.27. The van der Waals surface area contributed by atoms with E-state index in [1.54, 1.807) is 40.4 Å². The fourth-order valence-electron chi connectivity index (χ4n) is 2.91. The molecule has 3 aromatic rings. The van der Waals surface area contributed by atoms with Gasteiger partial charge in [0, 0.05) is 15.7 Å². The van der Waals surface area contributed by atoms with Gasteiger partial charge in [0.25, 0.3) is 0 Å². The molecule has 3 rings (SSSR count). The Kier molecular flexibility index (Phi) is 7.80. The molecule has 0 atom stereocenters. The standard InChI is InChI=1S/C21H22BrN3O5S/c1-5-30-18(26)12-31-21-24-23-20(25(21)15-8-6-14(22)7-9-15)13-10-16(27-2)19(29-4)17(11-13)28-3/h6-11H,5,12H2,1-4H3. The summed E-state index contributed by atoms with van der Waals surface area (Å²) in [4.78, 5) is 11.9. The van der Waals surface area contributed by atoms with Gasteiger partial charge in [-0.3, -0.25) is 9.36 Å². The predicted octanol–water partition coefficient (Wildman–Crippen LogP) is 4.38. The Morgan fingerprint density at radius 2 is 1.68 bits per heavy atom. The average molecular weight is 508 g/mol. The highest BCUT2D eigenvalue weighted by Crippen LogP contribution is 2.41. The van der Waals surface area contributed by atoms with Crippen molar-refractivity contribution in [2.24, 2.45) is 0 Å². The lowest BCUT2D eigenvalue weighted by Gasteiger charge is -2.15. The third-order valence-electron chi connectivity index (χ3n) is 4.27. The van der Waals surface area contributed by atoms with Gasteiger partial charge in [-0.15, -0.1) is 10.2 Å². The second kappa shape index (κ2) is 10.5. The van der Waals surface area contributed by atoms with Gasteiger partial charge in [0.2, 0.25) is 5.75 Å². The van der Waals surface area contributed by atoms with E-state index in [1.807, 2.05) is 28.8 Å². The number of rotatable bonds is 9. The van der Waals surface area contributed by atoms with Crippen molar-refractivity contribution in [2.75, 3.05) is 33.7 Å². The molecular weight excluding hydrogens is 486 g/mol. The molecule has 0 N–H and O–H groups in total. The van der Waals surface area contributed by atoms with E-state index < -0.39 is 0 Å². The first kappa shape index (κ1) is 23.0. The van der Waals surface area contributed by atoms with Crippen molar-refractivity contribution in [3.63, 3.8) is 0 Å². The number of benzene rings is 2. The number of aromatic nitrogens is 3. The van der Waals surface area contributed by atoms with Crippen LogP contribution in [0.5, 0.6) is 17.2 Å². The molecule has 0 radical (unpaired) electrons. The Labute approximate surface area is 193 Å². The fraction of sp³-hybridized carbons (Fsp3) is 0.286. The van der Waals surface area contributed by atoms with Crippen molar-refractivity contribution in [1.29, 1.82) is 0 Å². The largest absolute Gasteiger partial charge is 0.493 e. The number of esters is 1. The number of nitrogens with zero attached hydrogens (tertiary/aromatic N) is 3. The maximum absolute atomic E-state index is 11.9. The van der Waals surface area contributed by atoms with Crippen LogP contribution in [0.25, 0.3) is 17.1 Å². The second-order valence-corrected chi connectivity index (χ2v) is 7.98. The minimum absolute atomic E-state index is 0.123. The van der Waals surface area contributed by atoms with Crippen molar-refractivity contribution in [3.8, 4) is 34.3 Å². The number of ether oxygens (including phenoxy) is 4. The van der Waals surface area contributed by atoms with Crippen LogP contribution in [0.1, 0.15) is 6.92 Å². The number of thioether (sulfide) groups is 1. The quantitative estimate of drug-likeness (QED) is 0.311. The summed E-state index contributed by atoms with van der Waals surface area (Å²) in [6, 6.07) is 11.3. The molecule has 2 aromatic carbocycles. The zero-order chi connectivity index (χ0) is 22.4. The van der Waals surface area contributed by atoms with Crippen molar-refractivity contribution >= 4 is 33.7 Å². The molecule has 0 unspecified atom stereocenters. The summed E-state index contributed by atoms with van der Waals surface area (Å²) in [6.45, 7) is 2.10. The van der Waals surface area contributed by atoms with Gasteiger partial charge in [0.1, 0.15) is 0 Å². The van der Waals surface area contributed by atoms with E-state index in [0.717, 1.165) is 10.2 Å². The van der Waals surface area contributed by atoms with Gasteiger partial charge in [-0.25, -0.2) is 0 Å². The topological polar surface area (TPSA) is 84.7 Å². The lowest BCUT2D eigenvalue weighted by Crippen LogP contribution is -2.08. The molecule has 164 valence electrons. The molecule has 1 aromatic heterocycles. The van der Waals surface area contributed by atoms with Crippen LogP contribution in [0, 0.1) is 0 Å². The van der Waals surface area contributed by atoms with Gasteiger partial charge in [-0.1, -0.05) is 27.7 Å². The van der Waals surface area contributed by atoms with E-state index >= 15 is 0 Å². The molecule has 8 nitrogen and oxygen atoms in total. The van der Waals surface area contributed by atoms with Crippen LogP contribution in [0.4, 0.5) is 0 Å². The predicted molar refractivity (Wildman–Crippen MR) is 122 cm³/mol. The second-order valence-electron chi connectivity index (χ2n) is 6.13. The van der Waals surface area contributed by atoms with Gasteiger partial charge in [-0.05, 0) is 43.3 Å². The molecule has 10 heteroatoms. The Morgan fingerprint density at radius 1 is 1.03 bits per heavy atom. The summed E-state index contributed by atoms with van der Waals surface area (Å²) in [5.41, 5.74) is 1.55. The molecule has 0 aliphatic heterocycles. The van der Waals surface area contributed by atoms with Gasteiger partial charge in [0.05, 0.1) is 33.7 Å². The lowest BCUT2D eigenvalue weighted by molar-refractivity contribution is -0.139. The van der Waals surface area contributed by atoms with Gasteiger partial charge < -0.3 is 18.9 Å². The summed E-state index contributed by atoms with van der Waals surface area (Å²) < 4.78 is 24.2. The van der Waals surface area contributed by atoms with Gasteiger partial charge >= 0.3 is 5.97 Å². The highest BCUT2D eigenvalue weighted by Gasteiger charge is 2.21. The van der Waals surface area contributed by atoms with Crippen molar-refractivity contribution < 1.29 is 23.7 Å². The third kappa shape index (κ3) is 5.13. The first-order chi connectivity index (χ1) is 15.0. The summed E-state index contributed by atoms with van der Waals surface area (Å²) in [5.74, 6) is 1.86. The Bertz CT molecular complexity index is 1030. The van der Waals surface area contributed by atoms with E-state index in [4.69, 9.17) is 18.9 Å². The van der Waals surface area contributed by atoms with Crippen LogP contribution >= 0.6 is 27.7 Å². The van der Waals surface area contributed by atoms with E-state index in [0.29, 0.717) is 40.4 Å². The highest BCUT2D eigenvalue weighted by atomic mass is 79.9. The summed E-state index contributed by atoms with van der Waals surface area (Å²) >= 11 is 4.71. The summed E-state index contributed by atoms with van der Waals surface area (Å²) in [7, 11) is 4.66. The van der Waals surface area contributed by atoms with E-state index in [1.165, 1.54) is 11.8 Å². The minimum Gasteiger partial charge on any atom is -0.493 e. The van der Waals surface area contributed by atoms with E-state index in [2.05, 4.69) is 26.1 Å². The van der Waals surface area contributed by atoms with E-state index in [9.17, 15) is 4.79 Å². The zero-order valence-electron chi connectivity index (χ0n) is 17.5. The maximum Gasteiger partial charge on any atom is 0.316 e. The Balaban J connectivity index is 2.12. The van der Waals surface area contributed by atoms with Crippen molar-refractivity contribution in [3.05, 3.63) is 40.9 Å². The number of methoxy groups -OCH3 is 3. The zero-order valence-corrected chi connectivity index (χ0v) is 19.9. The molecule has 0 aliphatic carbocycles. The van der Waals surface area contributed by atoms with Gasteiger partial charge in [0.15, 0.2) is 22.5 Å². The summed E-state index contributed by atoms with van der Waals surface area (Å²) in [6.07, 6.45) is 0. The fourth-order valence-corrected chi connectivity index (χ4v) is 3.92. The lowest BCUT2D eigenvalue weighted by atomic mass is 10.1.